The summed E-state index contributed by atoms with van der Waals surface area (Å²) in [5, 5.41) is 9.82. The number of hydrogen-bond acceptors (Lipinski definition) is 3. The van der Waals surface area contributed by atoms with Crippen molar-refractivity contribution in [3.05, 3.63) is 0 Å². The fourth-order valence-corrected chi connectivity index (χ4v) is 2.39. The molecule has 1 saturated heterocycles. The molecule has 0 aromatic rings. The topological polar surface area (TPSA) is 32.7 Å². The summed E-state index contributed by atoms with van der Waals surface area (Å²) in [5.41, 5.74) is 0. The molecule has 1 atom stereocenters. The average Bonchev–Trinajstić information content (AvgIpc) is 3.01. The Balaban J connectivity index is 1.63. The molecule has 0 radical (unpaired) electrons. The average molecular weight is 213 g/mol. The third kappa shape index (κ3) is 3.74. The molecule has 1 unspecified atom stereocenters. The highest BCUT2D eigenvalue weighted by Gasteiger charge is 2.30. The van der Waals surface area contributed by atoms with Crippen LogP contribution in [0.25, 0.3) is 0 Å². The van der Waals surface area contributed by atoms with E-state index in [9.17, 15) is 5.11 Å². The highest BCUT2D eigenvalue weighted by atomic mass is 16.5. The summed E-state index contributed by atoms with van der Waals surface area (Å²) in [6, 6.07) is 0. The number of ether oxygens (including phenoxy) is 1. The normalized spacial score (nSPS) is 25.8. The van der Waals surface area contributed by atoms with E-state index >= 15 is 0 Å². The molecule has 2 aliphatic rings. The van der Waals surface area contributed by atoms with E-state index in [1.807, 2.05) is 0 Å². The summed E-state index contributed by atoms with van der Waals surface area (Å²) in [6.07, 6.45) is 4.74. The van der Waals surface area contributed by atoms with Crippen LogP contribution in [-0.4, -0.2) is 49.5 Å². The van der Waals surface area contributed by atoms with Crippen molar-refractivity contribution in [1.82, 2.24) is 4.90 Å². The third-order valence-corrected chi connectivity index (χ3v) is 3.58. The summed E-state index contributed by atoms with van der Waals surface area (Å²) < 4.78 is 5.34. The molecule has 0 aromatic heterocycles. The summed E-state index contributed by atoms with van der Waals surface area (Å²) in [5.74, 6) is 1.37. The van der Waals surface area contributed by atoms with Gasteiger partial charge in [0.15, 0.2) is 0 Å². The lowest BCUT2D eigenvalue weighted by atomic mass is 10.00. The lowest BCUT2D eigenvalue weighted by Crippen LogP contribution is -2.35. The second-order valence-electron chi connectivity index (χ2n) is 5.18. The van der Waals surface area contributed by atoms with Crippen molar-refractivity contribution in [3.8, 4) is 0 Å². The zero-order valence-corrected chi connectivity index (χ0v) is 9.69. The van der Waals surface area contributed by atoms with Crippen molar-refractivity contribution < 1.29 is 9.84 Å². The van der Waals surface area contributed by atoms with Crippen LogP contribution in [0.2, 0.25) is 0 Å². The predicted octanol–water partition coefficient (Wildman–Crippen LogP) is 1.12. The van der Waals surface area contributed by atoms with Gasteiger partial charge in [0.05, 0.1) is 6.10 Å². The van der Waals surface area contributed by atoms with Crippen LogP contribution < -0.4 is 0 Å². The summed E-state index contributed by atoms with van der Waals surface area (Å²) >= 11 is 0. The number of aliphatic hydroxyl groups excluding tert-OH is 1. The standard InChI is InChI=1S/C12H23NO2/c1-13(9-12(14)11-2-3-11)8-10-4-6-15-7-5-10/h10-12,14H,2-9H2,1H3. The van der Waals surface area contributed by atoms with E-state index in [1.165, 1.54) is 25.7 Å². The maximum atomic E-state index is 9.82. The zero-order valence-electron chi connectivity index (χ0n) is 9.69. The Kier molecular flexibility index (Phi) is 4.00. The van der Waals surface area contributed by atoms with Gasteiger partial charge in [-0.2, -0.15) is 0 Å². The van der Waals surface area contributed by atoms with Crippen LogP contribution in [0.5, 0.6) is 0 Å². The third-order valence-electron chi connectivity index (χ3n) is 3.58. The molecule has 0 aromatic carbocycles. The van der Waals surface area contributed by atoms with E-state index in [0.717, 1.165) is 32.2 Å². The predicted molar refractivity (Wildman–Crippen MR) is 59.8 cm³/mol. The molecule has 1 saturated carbocycles. The van der Waals surface area contributed by atoms with E-state index in [-0.39, 0.29) is 6.10 Å². The van der Waals surface area contributed by atoms with Crippen LogP contribution in [0.4, 0.5) is 0 Å². The monoisotopic (exact) mass is 213 g/mol. The molecule has 0 amide bonds. The first-order valence-corrected chi connectivity index (χ1v) is 6.20. The largest absolute Gasteiger partial charge is 0.392 e. The van der Waals surface area contributed by atoms with Gasteiger partial charge in [-0.05, 0) is 44.6 Å². The van der Waals surface area contributed by atoms with E-state index < -0.39 is 0 Å². The van der Waals surface area contributed by atoms with Gasteiger partial charge in [0.2, 0.25) is 0 Å². The van der Waals surface area contributed by atoms with Crippen molar-refractivity contribution >= 4 is 0 Å². The van der Waals surface area contributed by atoms with Gasteiger partial charge in [-0.15, -0.1) is 0 Å². The Morgan fingerprint density at radius 1 is 1.27 bits per heavy atom. The minimum atomic E-state index is -0.0881. The summed E-state index contributed by atoms with van der Waals surface area (Å²) in [7, 11) is 2.13. The maximum Gasteiger partial charge on any atom is 0.0695 e. The van der Waals surface area contributed by atoms with Crippen LogP contribution in [0.15, 0.2) is 0 Å². The smallest absolute Gasteiger partial charge is 0.0695 e. The molecule has 1 heterocycles. The summed E-state index contributed by atoms with van der Waals surface area (Å²) in [4.78, 5) is 2.29. The maximum absolute atomic E-state index is 9.82. The van der Waals surface area contributed by atoms with Gasteiger partial charge in [-0.1, -0.05) is 0 Å². The number of hydrogen-bond donors (Lipinski definition) is 1. The highest BCUT2D eigenvalue weighted by Crippen LogP contribution is 2.32. The summed E-state index contributed by atoms with van der Waals surface area (Å²) in [6.45, 7) is 3.81. The van der Waals surface area contributed by atoms with Crippen molar-refractivity contribution in [2.75, 3.05) is 33.4 Å². The Morgan fingerprint density at radius 2 is 1.93 bits per heavy atom. The Bertz CT molecular complexity index is 188. The van der Waals surface area contributed by atoms with E-state index in [0.29, 0.717) is 5.92 Å². The Hall–Kier alpha value is -0.120. The van der Waals surface area contributed by atoms with Crippen LogP contribution in [-0.2, 0) is 4.74 Å². The molecule has 2 rings (SSSR count). The molecule has 3 heteroatoms. The Morgan fingerprint density at radius 3 is 2.53 bits per heavy atom. The quantitative estimate of drug-likeness (QED) is 0.743. The van der Waals surface area contributed by atoms with E-state index in [2.05, 4.69) is 11.9 Å². The second kappa shape index (κ2) is 5.28. The molecular formula is C12H23NO2. The fourth-order valence-electron chi connectivity index (χ4n) is 2.39. The van der Waals surface area contributed by atoms with Gasteiger partial charge >= 0.3 is 0 Å². The van der Waals surface area contributed by atoms with Crippen molar-refractivity contribution in [1.29, 1.82) is 0 Å². The SMILES string of the molecule is CN(CC1CCOCC1)CC(O)C1CC1. The Labute approximate surface area is 92.4 Å². The van der Waals surface area contributed by atoms with Crippen molar-refractivity contribution in [2.24, 2.45) is 11.8 Å². The van der Waals surface area contributed by atoms with Crippen LogP contribution in [0.3, 0.4) is 0 Å². The van der Waals surface area contributed by atoms with Gasteiger partial charge in [0.25, 0.3) is 0 Å². The fraction of sp³-hybridized carbons (Fsp3) is 1.00. The zero-order chi connectivity index (χ0) is 10.7. The molecule has 3 nitrogen and oxygen atoms in total. The molecular weight excluding hydrogens is 190 g/mol. The van der Waals surface area contributed by atoms with Crippen molar-refractivity contribution in [2.45, 2.75) is 31.8 Å². The van der Waals surface area contributed by atoms with E-state index in [4.69, 9.17) is 4.74 Å². The minimum absolute atomic E-state index is 0.0881. The first kappa shape index (κ1) is 11.4. The second-order valence-corrected chi connectivity index (χ2v) is 5.18. The molecule has 1 aliphatic heterocycles. The van der Waals surface area contributed by atoms with Crippen LogP contribution >= 0.6 is 0 Å². The lowest BCUT2D eigenvalue weighted by molar-refractivity contribution is 0.0453. The van der Waals surface area contributed by atoms with Gasteiger partial charge < -0.3 is 14.7 Å². The number of nitrogens with zero attached hydrogens (tertiary/aromatic N) is 1. The molecule has 0 spiro atoms. The van der Waals surface area contributed by atoms with E-state index in [1.54, 1.807) is 0 Å². The number of likely N-dealkylation sites (N-methyl/N-ethyl adjacent to an activating group) is 1. The van der Waals surface area contributed by atoms with Gasteiger partial charge in [0, 0.05) is 26.3 Å². The van der Waals surface area contributed by atoms with Crippen molar-refractivity contribution in [3.63, 3.8) is 0 Å². The first-order valence-electron chi connectivity index (χ1n) is 6.20. The molecule has 15 heavy (non-hydrogen) atoms. The molecule has 2 fully saturated rings. The van der Waals surface area contributed by atoms with Gasteiger partial charge in [-0.25, -0.2) is 0 Å². The van der Waals surface area contributed by atoms with Crippen LogP contribution in [0.1, 0.15) is 25.7 Å². The molecule has 88 valence electrons. The molecule has 1 N–H and O–H groups in total. The van der Waals surface area contributed by atoms with Gasteiger partial charge in [-0.3, -0.25) is 0 Å². The number of rotatable bonds is 5. The molecule has 1 aliphatic carbocycles. The first-order chi connectivity index (χ1) is 7.25. The van der Waals surface area contributed by atoms with Crippen LogP contribution in [0, 0.1) is 11.8 Å². The lowest BCUT2D eigenvalue weighted by Gasteiger charge is -2.28. The minimum Gasteiger partial charge on any atom is -0.392 e. The highest BCUT2D eigenvalue weighted by molar-refractivity contribution is 4.82. The van der Waals surface area contributed by atoms with Gasteiger partial charge in [0.1, 0.15) is 0 Å². The molecule has 0 bridgehead atoms. The number of aliphatic hydroxyl groups is 1.